The minimum atomic E-state index is -1.30. The summed E-state index contributed by atoms with van der Waals surface area (Å²) >= 11 is 0. The van der Waals surface area contributed by atoms with Crippen LogP contribution < -0.4 is 5.32 Å². The highest BCUT2D eigenvalue weighted by Crippen LogP contribution is 2.12. The van der Waals surface area contributed by atoms with Gasteiger partial charge in [0.2, 0.25) is 5.91 Å². The molecule has 0 aromatic heterocycles. The fourth-order valence-corrected chi connectivity index (χ4v) is 4.55. The van der Waals surface area contributed by atoms with Crippen molar-refractivity contribution < 1.29 is 25.2 Å². The number of carbonyl (C=O) groups excluding carboxylic acids is 1. The molecule has 6 heteroatoms. The van der Waals surface area contributed by atoms with Crippen LogP contribution in [-0.2, 0) is 4.79 Å². The fourth-order valence-electron chi connectivity index (χ4n) is 4.55. The number of allylic oxidation sites excluding steroid dienone is 10. The van der Waals surface area contributed by atoms with Gasteiger partial charge in [0.05, 0.1) is 18.8 Å². The second kappa shape index (κ2) is 30.5. The van der Waals surface area contributed by atoms with Gasteiger partial charge in [-0.05, 0) is 84.0 Å². The normalized spacial score (nSPS) is 15.5. The standard InChI is InChI=1S/C36H63NO5/c1-3-5-7-9-11-13-15-17-18-20-22-24-26-28-30-34(40)36(42)37-32(31-38)35(41)33(39)29-27-25-23-21-19-16-14-12-10-8-6-4-2/h4,6,11-15,17,21,23,32-35,38-41H,3,5,7-10,16,18-20,22,24-31H2,1-2H3,(H,37,42)/b6-4+,13-11-,14-12+,17-15-,23-21+. The van der Waals surface area contributed by atoms with Gasteiger partial charge in [-0.3, -0.25) is 4.79 Å². The van der Waals surface area contributed by atoms with Crippen LogP contribution in [0.15, 0.2) is 60.8 Å². The smallest absolute Gasteiger partial charge is 0.249 e. The van der Waals surface area contributed by atoms with E-state index >= 15 is 0 Å². The van der Waals surface area contributed by atoms with Crippen molar-refractivity contribution in [3.8, 4) is 0 Å². The highest BCUT2D eigenvalue weighted by molar-refractivity contribution is 5.80. The summed E-state index contributed by atoms with van der Waals surface area (Å²) in [5.41, 5.74) is 0. The Morgan fingerprint density at radius 2 is 1.17 bits per heavy atom. The van der Waals surface area contributed by atoms with E-state index < -0.39 is 36.9 Å². The molecule has 0 aromatic carbocycles. The molecule has 0 radical (unpaired) electrons. The zero-order valence-corrected chi connectivity index (χ0v) is 26.7. The Kier molecular flexibility index (Phi) is 29.0. The van der Waals surface area contributed by atoms with E-state index in [-0.39, 0.29) is 0 Å². The Hall–Kier alpha value is -1.99. The van der Waals surface area contributed by atoms with Crippen LogP contribution in [0.5, 0.6) is 0 Å². The monoisotopic (exact) mass is 589 g/mol. The Bertz CT molecular complexity index is 758. The van der Waals surface area contributed by atoms with Crippen LogP contribution in [0.2, 0.25) is 0 Å². The number of hydrogen-bond donors (Lipinski definition) is 5. The molecular weight excluding hydrogens is 526 g/mol. The molecule has 0 fully saturated rings. The molecule has 0 aliphatic heterocycles. The van der Waals surface area contributed by atoms with E-state index in [2.05, 4.69) is 73.0 Å². The lowest BCUT2D eigenvalue weighted by Crippen LogP contribution is -2.53. The topological polar surface area (TPSA) is 110 Å². The number of aliphatic hydroxyl groups is 4. The summed E-state index contributed by atoms with van der Waals surface area (Å²) in [6.07, 6.45) is 35.3. The van der Waals surface area contributed by atoms with Crippen molar-refractivity contribution in [3.63, 3.8) is 0 Å². The maximum Gasteiger partial charge on any atom is 0.249 e. The summed E-state index contributed by atoms with van der Waals surface area (Å²) < 4.78 is 0. The predicted molar refractivity (Wildman–Crippen MR) is 177 cm³/mol. The third kappa shape index (κ3) is 24.6. The van der Waals surface area contributed by atoms with E-state index in [4.69, 9.17) is 0 Å². The molecule has 5 N–H and O–H groups in total. The molecule has 0 spiro atoms. The lowest BCUT2D eigenvalue weighted by molar-refractivity contribution is -0.132. The first-order valence-corrected chi connectivity index (χ1v) is 16.7. The average molecular weight is 590 g/mol. The Labute approximate surface area is 257 Å². The summed E-state index contributed by atoms with van der Waals surface area (Å²) in [4.78, 5) is 12.4. The second-order valence-electron chi connectivity index (χ2n) is 11.2. The zero-order valence-electron chi connectivity index (χ0n) is 26.7. The largest absolute Gasteiger partial charge is 0.394 e. The third-order valence-electron chi connectivity index (χ3n) is 7.28. The molecule has 0 saturated heterocycles. The van der Waals surface area contributed by atoms with Gasteiger partial charge >= 0.3 is 0 Å². The molecule has 0 aromatic rings. The van der Waals surface area contributed by atoms with Crippen LogP contribution in [0.1, 0.15) is 129 Å². The van der Waals surface area contributed by atoms with Crippen molar-refractivity contribution in [2.24, 2.45) is 0 Å². The Morgan fingerprint density at radius 1 is 0.643 bits per heavy atom. The maximum atomic E-state index is 12.4. The Morgan fingerprint density at radius 3 is 1.76 bits per heavy atom. The van der Waals surface area contributed by atoms with E-state index in [0.29, 0.717) is 19.3 Å². The molecular formula is C36H63NO5. The summed E-state index contributed by atoms with van der Waals surface area (Å²) in [6, 6.07) is -1.02. The molecule has 6 nitrogen and oxygen atoms in total. The first kappa shape index (κ1) is 40.0. The van der Waals surface area contributed by atoms with Crippen molar-refractivity contribution in [2.75, 3.05) is 6.61 Å². The number of carbonyl (C=O) groups is 1. The summed E-state index contributed by atoms with van der Waals surface area (Å²) in [5, 5.41) is 43.2. The quantitative estimate of drug-likeness (QED) is 0.0371. The number of unbranched alkanes of at least 4 members (excludes halogenated alkanes) is 11. The highest BCUT2D eigenvalue weighted by atomic mass is 16.3. The van der Waals surface area contributed by atoms with E-state index in [0.717, 1.165) is 77.0 Å². The van der Waals surface area contributed by atoms with Gasteiger partial charge in [0.25, 0.3) is 0 Å². The fraction of sp³-hybridized carbons (Fsp3) is 0.694. The minimum absolute atomic E-state index is 0.337. The predicted octanol–water partition coefficient (Wildman–Crippen LogP) is 7.39. The first-order valence-electron chi connectivity index (χ1n) is 16.7. The van der Waals surface area contributed by atoms with Crippen molar-refractivity contribution in [2.45, 2.75) is 154 Å². The van der Waals surface area contributed by atoms with Crippen molar-refractivity contribution >= 4 is 5.91 Å². The average Bonchev–Trinajstić information content (AvgIpc) is 2.99. The molecule has 1 amide bonds. The van der Waals surface area contributed by atoms with Crippen LogP contribution in [0.25, 0.3) is 0 Å². The second-order valence-corrected chi connectivity index (χ2v) is 11.2. The van der Waals surface area contributed by atoms with Crippen molar-refractivity contribution in [3.05, 3.63) is 60.8 Å². The number of aliphatic hydroxyl groups excluding tert-OH is 4. The molecule has 42 heavy (non-hydrogen) atoms. The molecule has 0 heterocycles. The van der Waals surface area contributed by atoms with Crippen LogP contribution in [0.4, 0.5) is 0 Å². The van der Waals surface area contributed by atoms with Gasteiger partial charge in [0.1, 0.15) is 12.2 Å². The lowest BCUT2D eigenvalue weighted by atomic mass is 10.00. The number of hydrogen-bond acceptors (Lipinski definition) is 5. The highest BCUT2D eigenvalue weighted by Gasteiger charge is 2.28. The van der Waals surface area contributed by atoms with Gasteiger partial charge in [-0.25, -0.2) is 0 Å². The number of nitrogens with one attached hydrogen (secondary N) is 1. The van der Waals surface area contributed by atoms with E-state index in [1.54, 1.807) is 0 Å². The number of amides is 1. The van der Waals surface area contributed by atoms with Gasteiger partial charge in [-0.1, -0.05) is 106 Å². The molecule has 0 aliphatic carbocycles. The summed E-state index contributed by atoms with van der Waals surface area (Å²) in [6.45, 7) is 3.73. The summed E-state index contributed by atoms with van der Waals surface area (Å²) in [5.74, 6) is -0.619. The molecule has 0 saturated carbocycles. The van der Waals surface area contributed by atoms with Crippen LogP contribution in [0.3, 0.4) is 0 Å². The zero-order chi connectivity index (χ0) is 31.1. The van der Waals surface area contributed by atoms with Crippen molar-refractivity contribution in [1.82, 2.24) is 5.32 Å². The minimum Gasteiger partial charge on any atom is -0.394 e. The summed E-state index contributed by atoms with van der Waals surface area (Å²) in [7, 11) is 0. The third-order valence-corrected chi connectivity index (χ3v) is 7.28. The van der Waals surface area contributed by atoms with Crippen LogP contribution >= 0.6 is 0 Å². The Balaban J connectivity index is 4.00. The van der Waals surface area contributed by atoms with Crippen LogP contribution in [-0.4, -0.2) is 57.3 Å². The van der Waals surface area contributed by atoms with Gasteiger partial charge in [-0.2, -0.15) is 0 Å². The van der Waals surface area contributed by atoms with E-state index in [9.17, 15) is 25.2 Å². The lowest BCUT2D eigenvalue weighted by Gasteiger charge is -2.27. The molecule has 0 aliphatic rings. The SMILES string of the molecule is C/C=C/CC/C=C/CC/C=C/CCCC(O)C(O)C(CO)NC(=O)C(O)CCCCCCC/C=C\C=C/CCCCC. The van der Waals surface area contributed by atoms with Gasteiger partial charge in [0.15, 0.2) is 0 Å². The molecule has 242 valence electrons. The maximum absolute atomic E-state index is 12.4. The van der Waals surface area contributed by atoms with E-state index in [1.807, 2.05) is 6.92 Å². The molecule has 0 bridgehead atoms. The van der Waals surface area contributed by atoms with Crippen LogP contribution in [0, 0.1) is 0 Å². The molecule has 4 unspecified atom stereocenters. The molecule has 4 atom stereocenters. The molecule has 0 rings (SSSR count). The van der Waals surface area contributed by atoms with Gasteiger partial charge in [0, 0.05) is 0 Å². The van der Waals surface area contributed by atoms with Gasteiger partial charge < -0.3 is 25.7 Å². The van der Waals surface area contributed by atoms with Crippen molar-refractivity contribution in [1.29, 1.82) is 0 Å². The number of rotatable bonds is 28. The van der Waals surface area contributed by atoms with Gasteiger partial charge in [-0.15, -0.1) is 0 Å². The first-order chi connectivity index (χ1) is 20.5. The van der Waals surface area contributed by atoms with E-state index in [1.165, 1.54) is 19.3 Å².